The van der Waals surface area contributed by atoms with Gasteiger partial charge in [-0.15, -0.1) is 10.2 Å². The molecule has 1 fully saturated rings. The second kappa shape index (κ2) is 11.6. The number of methoxy groups -OCH3 is 1. The predicted molar refractivity (Wildman–Crippen MR) is 129 cm³/mol. The molecule has 0 aliphatic carbocycles. The van der Waals surface area contributed by atoms with Gasteiger partial charge in [-0.3, -0.25) is 9.59 Å². The molecule has 0 bridgehead atoms. The van der Waals surface area contributed by atoms with Crippen molar-refractivity contribution in [2.45, 2.75) is 33.6 Å². The maximum atomic E-state index is 12.8. The average molecular weight is 454 g/mol. The summed E-state index contributed by atoms with van der Waals surface area (Å²) in [5, 5.41) is 8.79. The molecule has 8 heteroatoms. The molecule has 3 rings (SSSR count). The third-order valence-corrected chi connectivity index (χ3v) is 5.73. The number of carbonyl (C=O) groups excluding carboxylic acids is 2. The van der Waals surface area contributed by atoms with Crippen LogP contribution in [0.3, 0.4) is 0 Å². The van der Waals surface area contributed by atoms with E-state index in [1.807, 2.05) is 62.1 Å². The summed E-state index contributed by atoms with van der Waals surface area (Å²) in [5.41, 5.74) is 1.74. The zero-order valence-electron chi connectivity index (χ0n) is 20.2. The van der Waals surface area contributed by atoms with Gasteiger partial charge in [0.2, 0.25) is 11.8 Å². The van der Waals surface area contributed by atoms with Crippen LogP contribution >= 0.6 is 0 Å². The van der Waals surface area contributed by atoms with Gasteiger partial charge in [-0.05, 0) is 36.6 Å². The van der Waals surface area contributed by atoms with Gasteiger partial charge in [-0.2, -0.15) is 0 Å². The lowest BCUT2D eigenvalue weighted by Gasteiger charge is -2.36. The Labute approximate surface area is 196 Å². The number of piperazine rings is 1. The lowest BCUT2D eigenvalue weighted by atomic mass is 10.1. The van der Waals surface area contributed by atoms with Crippen LogP contribution in [0.4, 0.5) is 5.82 Å². The lowest BCUT2D eigenvalue weighted by molar-refractivity contribution is -0.141. The fourth-order valence-corrected chi connectivity index (χ4v) is 3.92. The summed E-state index contributed by atoms with van der Waals surface area (Å²) >= 11 is 0. The van der Waals surface area contributed by atoms with Crippen LogP contribution in [-0.2, 0) is 9.59 Å². The van der Waals surface area contributed by atoms with Gasteiger partial charge in [0.05, 0.1) is 19.3 Å². The Bertz CT molecular complexity index is 924. The standard InChI is InChI=1S/C25H35N5O3/c1-5-11-30(24(31)16-19(2)3)18-25(32)29-14-12-28(13-15-29)23-10-9-22(26-27-23)20-7-6-8-21(17-20)33-4/h6-10,17,19H,5,11-16,18H2,1-4H3. The monoisotopic (exact) mass is 453 g/mol. The molecule has 1 aliphatic heterocycles. The number of hydrogen-bond donors (Lipinski definition) is 0. The molecule has 0 radical (unpaired) electrons. The average Bonchev–Trinajstić information content (AvgIpc) is 2.83. The fourth-order valence-electron chi connectivity index (χ4n) is 3.92. The molecular formula is C25H35N5O3. The van der Waals surface area contributed by atoms with E-state index in [-0.39, 0.29) is 24.3 Å². The van der Waals surface area contributed by atoms with E-state index >= 15 is 0 Å². The number of amides is 2. The summed E-state index contributed by atoms with van der Waals surface area (Å²) in [5.74, 6) is 1.94. The number of anilines is 1. The van der Waals surface area contributed by atoms with Crippen LogP contribution in [0.15, 0.2) is 36.4 Å². The van der Waals surface area contributed by atoms with E-state index < -0.39 is 0 Å². The molecule has 178 valence electrons. The molecule has 2 aromatic rings. The highest BCUT2D eigenvalue weighted by atomic mass is 16.5. The van der Waals surface area contributed by atoms with E-state index in [2.05, 4.69) is 15.1 Å². The fraction of sp³-hybridized carbons (Fsp3) is 0.520. The van der Waals surface area contributed by atoms with E-state index in [0.29, 0.717) is 39.1 Å². The molecule has 0 spiro atoms. The van der Waals surface area contributed by atoms with Gasteiger partial charge in [-0.1, -0.05) is 32.9 Å². The number of carbonyl (C=O) groups is 2. The topological polar surface area (TPSA) is 78.9 Å². The van der Waals surface area contributed by atoms with Gasteiger partial charge in [0, 0.05) is 44.7 Å². The largest absolute Gasteiger partial charge is 0.497 e. The highest BCUT2D eigenvalue weighted by Gasteiger charge is 2.25. The minimum atomic E-state index is 0.0136. The zero-order valence-corrected chi connectivity index (χ0v) is 20.2. The summed E-state index contributed by atoms with van der Waals surface area (Å²) in [6.07, 6.45) is 1.32. The molecule has 0 unspecified atom stereocenters. The van der Waals surface area contributed by atoms with Crippen molar-refractivity contribution in [1.82, 2.24) is 20.0 Å². The summed E-state index contributed by atoms with van der Waals surface area (Å²) in [6.45, 7) is 9.44. The molecule has 8 nitrogen and oxygen atoms in total. The minimum absolute atomic E-state index is 0.0136. The summed E-state index contributed by atoms with van der Waals surface area (Å²) in [4.78, 5) is 31.0. The molecule has 1 aromatic heterocycles. The second-order valence-corrected chi connectivity index (χ2v) is 8.79. The van der Waals surface area contributed by atoms with Gasteiger partial charge >= 0.3 is 0 Å². The van der Waals surface area contributed by atoms with Crippen molar-refractivity contribution in [2.75, 3.05) is 51.3 Å². The van der Waals surface area contributed by atoms with Crippen molar-refractivity contribution in [3.05, 3.63) is 36.4 Å². The van der Waals surface area contributed by atoms with Crippen LogP contribution < -0.4 is 9.64 Å². The van der Waals surface area contributed by atoms with Gasteiger partial charge in [0.15, 0.2) is 5.82 Å². The van der Waals surface area contributed by atoms with Gasteiger partial charge < -0.3 is 19.4 Å². The first-order valence-corrected chi connectivity index (χ1v) is 11.7. The van der Waals surface area contributed by atoms with Crippen LogP contribution in [-0.4, -0.2) is 78.2 Å². The first kappa shape index (κ1) is 24.5. The van der Waals surface area contributed by atoms with Crippen LogP contribution in [0.1, 0.15) is 33.6 Å². The van der Waals surface area contributed by atoms with E-state index in [0.717, 1.165) is 29.2 Å². The first-order valence-electron chi connectivity index (χ1n) is 11.7. The summed E-state index contributed by atoms with van der Waals surface area (Å²) < 4.78 is 5.28. The Morgan fingerprint density at radius 3 is 2.45 bits per heavy atom. The number of rotatable bonds is 9. The molecule has 1 saturated heterocycles. The maximum Gasteiger partial charge on any atom is 0.242 e. The Morgan fingerprint density at radius 1 is 1.09 bits per heavy atom. The van der Waals surface area contributed by atoms with Crippen molar-refractivity contribution in [3.8, 4) is 17.0 Å². The number of aromatic nitrogens is 2. The second-order valence-electron chi connectivity index (χ2n) is 8.79. The third kappa shape index (κ3) is 6.66. The van der Waals surface area contributed by atoms with Crippen LogP contribution in [0.25, 0.3) is 11.3 Å². The van der Waals surface area contributed by atoms with E-state index in [1.54, 1.807) is 12.0 Å². The van der Waals surface area contributed by atoms with Crippen molar-refractivity contribution in [2.24, 2.45) is 5.92 Å². The highest BCUT2D eigenvalue weighted by molar-refractivity contribution is 5.85. The Balaban J connectivity index is 1.55. The zero-order chi connectivity index (χ0) is 23.8. The molecule has 0 N–H and O–H groups in total. The van der Waals surface area contributed by atoms with Gasteiger partial charge in [0.1, 0.15) is 5.75 Å². The molecule has 1 aromatic carbocycles. The van der Waals surface area contributed by atoms with Crippen LogP contribution in [0, 0.1) is 5.92 Å². The van der Waals surface area contributed by atoms with E-state index in [1.165, 1.54) is 0 Å². The van der Waals surface area contributed by atoms with Crippen molar-refractivity contribution in [1.29, 1.82) is 0 Å². The maximum absolute atomic E-state index is 12.8. The van der Waals surface area contributed by atoms with Crippen molar-refractivity contribution < 1.29 is 14.3 Å². The van der Waals surface area contributed by atoms with Gasteiger partial charge in [-0.25, -0.2) is 0 Å². The van der Waals surface area contributed by atoms with E-state index in [4.69, 9.17) is 4.74 Å². The quantitative estimate of drug-likeness (QED) is 0.581. The number of benzene rings is 1. The smallest absolute Gasteiger partial charge is 0.242 e. The molecule has 33 heavy (non-hydrogen) atoms. The molecule has 0 atom stereocenters. The Hall–Kier alpha value is -3.16. The summed E-state index contributed by atoms with van der Waals surface area (Å²) in [6, 6.07) is 11.7. The molecule has 0 saturated carbocycles. The SMILES string of the molecule is CCCN(CC(=O)N1CCN(c2ccc(-c3cccc(OC)c3)nn2)CC1)C(=O)CC(C)C. The minimum Gasteiger partial charge on any atom is -0.497 e. The first-order chi connectivity index (χ1) is 15.9. The van der Waals surface area contributed by atoms with Crippen LogP contribution in [0.2, 0.25) is 0 Å². The van der Waals surface area contributed by atoms with Gasteiger partial charge in [0.25, 0.3) is 0 Å². The lowest BCUT2D eigenvalue weighted by Crippen LogP contribution is -2.52. The van der Waals surface area contributed by atoms with E-state index in [9.17, 15) is 9.59 Å². The van der Waals surface area contributed by atoms with Crippen molar-refractivity contribution in [3.63, 3.8) is 0 Å². The van der Waals surface area contributed by atoms with Crippen molar-refractivity contribution >= 4 is 17.6 Å². The molecular weight excluding hydrogens is 418 g/mol. The number of nitrogens with zero attached hydrogens (tertiary/aromatic N) is 5. The molecule has 1 aliphatic rings. The molecule has 2 heterocycles. The Kier molecular flexibility index (Phi) is 8.63. The third-order valence-electron chi connectivity index (χ3n) is 5.73. The molecule has 2 amide bonds. The summed E-state index contributed by atoms with van der Waals surface area (Å²) in [7, 11) is 1.64. The predicted octanol–water partition coefficient (Wildman–Crippen LogP) is 3.09. The number of hydrogen-bond acceptors (Lipinski definition) is 6. The van der Waals surface area contributed by atoms with Crippen LogP contribution in [0.5, 0.6) is 5.75 Å². The number of ether oxygens (including phenoxy) is 1. The highest BCUT2D eigenvalue weighted by Crippen LogP contribution is 2.23. The Morgan fingerprint density at radius 2 is 1.85 bits per heavy atom. The normalized spacial score (nSPS) is 13.8.